The highest BCUT2D eigenvalue weighted by Crippen LogP contribution is 2.47. The minimum absolute atomic E-state index is 0.150. The standard InChI is InChI=1S/C66H86N2O4/c1-5-9-13-17-21-25-29-33-37-49(38-34-30-26-22-18-14-10-6-2)67-63(69)55-45-41-51-53-43-47-57-62-58(48-44-54(60(53)62)52-42-46-56(64(67)70)61(55)59(51)52)66(72)68(65(57)71)50(39-35-31-27-23-19-15-11-7-3)40-36-32-28-24-20-16-12-8-4/h5-8,41-50H,1-4,9-40H2. The molecular formula is C66H86N2O4. The number of rotatable bonds is 38. The normalized spacial score (nSPS) is 13.6. The van der Waals surface area contributed by atoms with E-state index in [0.29, 0.717) is 22.3 Å². The van der Waals surface area contributed by atoms with Gasteiger partial charge < -0.3 is 0 Å². The van der Waals surface area contributed by atoms with Crippen molar-refractivity contribution in [3.05, 3.63) is 121 Å². The number of carbonyl (C=O) groups excluding carboxylic acids is 4. The van der Waals surface area contributed by atoms with Gasteiger partial charge in [0.2, 0.25) is 0 Å². The van der Waals surface area contributed by atoms with E-state index in [0.717, 1.165) is 172 Å². The maximum atomic E-state index is 14.9. The van der Waals surface area contributed by atoms with Gasteiger partial charge >= 0.3 is 0 Å². The van der Waals surface area contributed by atoms with Gasteiger partial charge in [-0.2, -0.15) is 0 Å². The summed E-state index contributed by atoms with van der Waals surface area (Å²) in [4.78, 5) is 62.8. The molecule has 0 saturated carbocycles. The van der Waals surface area contributed by atoms with Gasteiger partial charge in [0.1, 0.15) is 0 Å². The molecule has 0 unspecified atom stereocenters. The number of allylic oxidation sites excluding steroid dienone is 4. The fourth-order valence-electron chi connectivity index (χ4n) is 12.3. The van der Waals surface area contributed by atoms with E-state index in [1.165, 1.54) is 77.0 Å². The molecule has 0 N–H and O–H groups in total. The van der Waals surface area contributed by atoms with Crippen LogP contribution in [0.4, 0.5) is 0 Å². The number of benzene rings is 5. The zero-order chi connectivity index (χ0) is 50.7. The Morgan fingerprint density at radius 2 is 0.500 bits per heavy atom. The summed E-state index contributed by atoms with van der Waals surface area (Å²) in [6.45, 7) is 15.4. The second-order valence-electron chi connectivity index (χ2n) is 21.4. The predicted molar refractivity (Wildman–Crippen MR) is 305 cm³/mol. The maximum absolute atomic E-state index is 14.9. The van der Waals surface area contributed by atoms with Crippen LogP contribution in [0.15, 0.2) is 99.2 Å². The van der Waals surface area contributed by atoms with E-state index in [1.807, 2.05) is 72.8 Å². The van der Waals surface area contributed by atoms with Crippen LogP contribution in [0, 0.1) is 0 Å². The molecule has 2 heterocycles. The Kier molecular flexibility index (Phi) is 21.3. The lowest BCUT2D eigenvalue weighted by molar-refractivity contribution is 0.0501. The van der Waals surface area contributed by atoms with Crippen molar-refractivity contribution in [3.63, 3.8) is 0 Å². The number of amides is 4. The molecule has 6 heteroatoms. The fraction of sp³-hybridized carbons (Fsp3) is 0.515. The molecule has 384 valence electrons. The van der Waals surface area contributed by atoms with Crippen molar-refractivity contribution in [2.45, 2.75) is 218 Å². The van der Waals surface area contributed by atoms with Gasteiger partial charge in [0.05, 0.1) is 0 Å². The number of imide groups is 2. The molecule has 72 heavy (non-hydrogen) atoms. The SMILES string of the molecule is C=CCCCCCCCCC(CCCCCCCCC=C)N1C(=O)c2ccc3c4ccc5c6c(ccc(c7ccc(c2c37)C1=O)c64)C(=O)N(C(CCCCCCCCC=C)CCCCCCCCC=C)C5=O. The molecule has 0 bridgehead atoms. The Morgan fingerprint density at radius 1 is 0.292 bits per heavy atom. The average molecular weight is 971 g/mol. The van der Waals surface area contributed by atoms with E-state index in [9.17, 15) is 19.2 Å². The third kappa shape index (κ3) is 12.9. The van der Waals surface area contributed by atoms with Crippen LogP contribution in [-0.2, 0) is 0 Å². The molecule has 7 rings (SSSR count). The molecule has 2 aliphatic heterocycles. The molecule has 0 fully saturated rings. The Bertz CT molecular complexity index is 2310. The minimum atomic E-state index is -0.191. The second-order valence-corrected chi connectivity index (χ2v) is 21.4. The van der Waals surface area contributed by atoms with Gasteiger partial charge in [-0.15, -0.1) is 26.3 Å². The molecule has 0 aromatic heterocycles. The summed E-state index contributed by atoms with van der Waals surface area (Å²) in [7, 11) is 0. The number of unbranched alkanes of at least 4 members (excludes halogenated alkanes) is 24. The molecule has 5 aromatic rings. The van der Waals surface area contributed by atoms with Crippen LogP contribution in [-0.4, -0.2) is 45.5 Å². The van der Waals surface area contributed by atoms with Gasteiger partial charge in [-0.1, -0.05) is 177 Å². The Labute approximate surface area is 432 Å². The topological polar surface area (TPSA) is 74.8 Å². The van der Waals surface area contributed by atoms with E-state index in [2.05, 4.69) is 26.3 Å². The molecule has 0 atom stereocenters. The predicted octanol–water partition coefficient (Wildman–Crippen LogP) is 18.9. The van der Waals surface area contributed by atoms with E-state index in [-0.39, 0.29) is 35.7 Å². The van der Waals surface area contributed by atoms with Crippen molar-refractivity contribution in [1.29, 1.82) is 0 Å². The van der Waals surface area contributed by atoms with E-state index < -0.39 is 0 Å². The summed E-state index contributed by atoms with van der Waals surface area (Å²) < 4.78 is 0. The first-order valence-corrected chi connectivity index (χ1v) is 28.8. The van der Waals surface area contributed by atoms with Crippen LogP contribution in [0.3, 0.4) is 0 Å². The van der Waals surface area contributed by atoms with Crippen molar-refractivity contribution in [1.82, 2.24) is 9.80 Å². The van der Waals surface area contributed by atoms with Crippen molar-refractivity contribution < 1.29 is 19.2 Å². The first-order chi connectivity index (χ1) is 35.4. The highest BCUT2D eigenvalue weighted by Gasteiger charge is 2.40. The van der Waals surface area contributed by atoms with Crippen LogP contribution in [0.25, 0.3) is 43.1 Å². The Balaban J connectivity index is 1.15. The number of hydrogen-bond donors (Lipinski definition) is 0. The summed E-state index contributed by atoms with van der Waals surface area (Å²) in [6, 6.07) is 15.6. The molecule has 0 spiro atoms. The summed E-state index contributed by atoms with van der Waals surface area (Å²) in [5.74, 6) is -0.763. The number of hydrogen-bond acceptors (Lipinski definition) is 4. The van der Waals surface area contributed by atoms with Gasteiger partial charge in [-0.25, -0.2) is 0 Å². The average Bonchev–Trinajstić information content (AvgIpc) is 3.39. The lowest BCUT2D eigenvalue weighted by atomic mass is 9.81. The van der Waals surface area contributed by atoms with Crippen molar-refractivity contribution in [2.75, 3.05) is 0 Å². The molecule has 6 nitrogen and oxygen atoms in total. The third-order valence-electron chi connectivity index (χ3n) is 16.2. The number of fused-ring (bicyclic) bond motifs is 2. The molecule has 2 aliphatic rings. The zero-order valence-corrected chi connectivity index (χ0v) is 44.1. The van der Waals surface area contributed by atoms with Crippen molar-refractivity contribution in [3.8, 4) is 0 Å². The van der Waals surface area contributed by atoms with Crippen LogP contribution in [0.5, 0.6) is 0 Å². The van der Waals surface area contributed by atoms with Crippen molar-refractivity contribution >= 4 is 66.7 Å². The first kappa shape index (κ1) is 54.4. The summed E-state index contributed by atoms with van der Waals surface area (Å²) in [5.41, 5.74) is 2.34. The molecule has 0 aliphatic carbocycles. The lowest BCUT2D eigenvalue weighted by Gasteiger charge is -2.35. The van der Waals surface area contributed by atoms with Gasteiger partial charge in [0, 0.05) is 45.1 Å². The molecule has 4 amide bonds. The van der Waals surface area contributed by atoms with E-state index in [1.54, 1.807) is 9.80 Å². The highest BCUT2D eigenvalue weighted by atomic mass is 16.2. The molecular weight excluding hydrogens is 885 g/mol. The summed E-state index contributed by atoms with van der Waals surface area (Å²) in [6.07, 6.45) is 42.9. The molecule has 5 aromatic carbocycles. The Hall–Kier alpha value is -5.36. The van der Waals surface area contributed by atoms with Crippen LogP contribution < -0.4 is 0 Å². The summed E-state index contributed by atoms with van der Waals surface area (Å²) >= 11 is 0. The largest absolute Gasteiger partial charge is 0.271 e. The molecule has 0 radical (unpaired) electrons. The molecule has 0 saturated heterocycles. The summed E-state index contributed by atoms with van der Waals surface area (Å²) in [5, 5.41) is 6.99. The van der Waals surface area contributed by atoms with Crippen LogP contribution in [0.2, 0.25) is 0 Å². The maximum Gasteiger partial charge on any atom is 0.261 e. The van der Waals surface area contributed by atoms with Crippen molar-refractivity contribution in [2.24, 2.45) is 0 Å². The van der Waals surface area contributed by atoms with E-state index >= 15 is 0 Å². The smallest absolute Gasteiger partial charge is 0.261 e. The van der Waals surface area contributed by atoms with Crippen LogP contribution >= 0.6 is 0 Å². The zero-order valence-electron chi connectivity index (χ0n) is 44.1. The van der Waals surface area contributed by atoms with E-state index in [4.69, 9.17) is 0 Å². The number of nitrogens with zero attached hydrogens (tertiary/aromatic N) is 2. The van der Waals surface area contributed by atoms with Gasteiger partial charge in [-0.3, -0.25) is 29.0 Å². The highest BCUT2D eigenvalue weighted by molar-refractivity contribution is 6.41. The van der Waals surface area contributed by atoms with Crippen LogP contribution in [0.1, 0.15) is 247 Å². The first-order valence-electron chi connectivity index (χ1n) is 28.8. The minimum Gasteiger partial charge on any atom is -0.271 e. The van der Waals surface area contributed by atoms with Gasteiger partial charge in [0.25, 0.3) is 23.6 Å². The van der Waals surface area contributed by atoms with Gasteiger partial charge in [-0.05, 0) is 134 Å². The van der Waals surface area contributed by atoms with Gasteiger partial charge in [0.15, 0.2) is 0 Å². The Morgan fingerprint density at radius 3 is 0.722 bits per heavy atom. The quantitative estimate of drug-likeness (QED) is 0.0130. The number of carbonyl (C=O) groups is 4. The second kappa shape index (κ2) is 28.2. The third-order valence-corrected chi connectivity index (χ3v) is 16.2. The lowest BCUT2D eigenvalue weighted by Crippen LogP contribution is -2.47. The monoisotopic (exact) mass is 971 g/mol. The fourth-order valence-corrected chi connectivity index (χ4v) is 12.3.